The van der Waals surface area contributed by atoms with Gasteiger partial charge in [0, 0.05) is 6.61 Å². The van der Waals surface area contributed by atoms with Crippen LogP contribution in [0.5, 0.6) is 0 Å². The summed E-state index contributed by atoms with van der Waals surface area (Å²) in [5.41, 5.74) is 1.69. The maximum absolute atomic E-state index is 14.1. The van der Waals surface area contributed by atoms with Crippen LogP contribution in [-0.2, 0) is 25.5 Å². The molecule has 1 fully saturated rings. The van der Waals surface area contributed by atoms with E-state index >= 15 is 0 Å². The summed E-state index contributed by atoms with van der Waals surface area (Å²) < 4.78 is 11.8. The standard InChI is InChI=1S/C34H41NO6/c1-25-31(27-18-12-9-13-19-27)41-34(39)35(25)33(38)29(24-26-16-10-8-11-17-26)32-30(37)22-21-28(40-32)20-14-6-4-2-3-5-7-15-23-36/h8-13,16-22,25,29,31-32,36H,2-7,14-15,23-24H2,1H3/t25-,29-,31-,32-/m1/s1. The number of ketones is 1. The second-order valence-corrected chi connectivity index (χ2v) is 10.8. The van der Waals surface area contributed by atoms with Crippen molar-refractivity contribution in [1.29, 1.82) is 0 Å². The maximum atomic E-state index is 14.1. The molecule has 2 aromatic carbocycles. The van der Waals surface area contributed by atoms with Gasteiger partial charge in [-0.15, -0.1) is 0 Å². The lowest BCUT2D eigenvalue weighted by Crippen LogP contribution is -2.48. The second-order valence-electron chi connectivity index (χ2n) is 10.8. The van der Waals surface area contributed by atoms with E-state index in [0.717, 1.165) is 67.4 Å². The number of allylic oxidation sites excluding steroid dienone is 2. The molecular weight excluding hydrogens is 518 g/mol. The zero-order valence-electron chi connectivity index (χ0n) is 23.8. The minimum Gasteiger partial charge on any atom is -0.482 e. The Bertz CT molecular complexity index is 1210. The molecule has 2 aliphatic rings. The lowest BCUT2D eigenvalue weighted by molar-refractivity contribution is -0.143. The minimum absolute atomic E-state index is 0.250. The van der Waals surface area contributed by atoms with E-state index in [2.05, 4.69) is 0 Å². The smallest absolute Gasteiger partial charge is 0.417 e. The van der Waals surface area contributed by atoms with Gasteiger partial charge >= 0.3 is 6.09 Å². The van der Waals surface area contributed by atoms with E-state index in [1.54, 1.807) is 13.0 Å². The summed E-state index contributed by atoms with van der Waals surface area (Å²) in [6.07, 6.45) is 11.3. The van der Waals surface area contributed by atoms with Crippen LogP contribution in [-0.4, -0.2) is 46.5 Å². The van der Waals surface area contributed by atoms with Gasteiger partial charge in [0.2, 0.25) is 5.91 Å². The fourth-order valence-electron chi connectivity index (χ4n) is 5.50. The topological polar surface area (TPSA) is 93.1 Å². The summed E-state index contributed by atoms with van der Waals surface area (Å²) in [5, 5.41) is 8.88. The number of imide groups is 1. The predicted molar refractivity (Wildman–Crippen MR) is 157 cm³/mol. The molecule has 41 heavy (non-hydrogen) atoms. The van der Waals surface area contributed by atoms with Gasteiger partial charge in [0.1, 0.15) is 11.9 Å². The van der Waals surface area contributed by atoms with Crippen molar-refractivity contribution in [3.63, 3.8) is 0 Å². The van der Waals surface area contributed by atoms with Crippen LogP contribution in [0.15, 0.2) is 84.7 Å². The Hall–Kier alpha value is -3.71. The van der Waals surface area contributed by atoms with Gasteiger partial charge in [-0.2, -0.15) is 0 Å². The molecule has 4 atom stereocenters. The Morgan fingerprint density at radius 2 is 1.51 bits per heavy atom. The van der Waals surface area contributed by atoms with Crippen molar-refractivity contribution >= 4 is 17.8 Å². The Balaban J connectivity index is 1.46. The molecule has 0 aromatic heterocycles. The van der Waals surface area contributed by atoms with Crippen molar-refractivity contribution in [2.24, 2.45) is 5.92 Å². The third-order valence-corrected chi connectivity index (χ3v) is 7.78. The van der Waals surface area contributed by atoms with Gasteiger partial charge in [0.05, 0.1) is 12.0 Å². The van der Waals surface area contributed by atoms with E-state index in [1.807, 2.05) is 66.7 Å². The van der Waals surface area contributed by atoms with Crippen LogP contribution >= 0.6 is 0 Å². The van der Waals surface area contributed by atoms with Crippen molar-refractivity contribution < 1.29 is 29.0 Å². The van der Waals surface area contributed by atoms with Gasteiger partial charge in [-0.05, 0) is 62.0 Å². The summed E-state index contributed by atoms with van der Waals surface area (Å²) in [7, 11) is 0. The normalized spacial score (nSPS) is 22.0. The van der Waals surface area contributed by atoms with Crippen molar-refractivity contribution in [1.82, 2.24) is 4.90 Å². The number of amides is 2. The fourth-order valence-corrected chi connectivity index (χ4v) is 5.50. The lowest BCUT2D eigenvalue weighted by Gasteiger charge is -2.31. The van der Waals surface area contributed by atoms with Crippen LogP contribution in [0.3, 0.4) is 0 Å². The monoisotopic (exact) mass is 559 g/mol. The fraction of sp³-hybridized carbons (Fsp3) is 0.441. The van der Waals surface area contributed by atoms with Crippen molar-refractivity contribution in [2.75, 3.05) is 6.61 Å². The highest BCUT2D eigenvalue weighted by Crippen LogP contribution is 2.35. The van der Waals surface area contributed by atoms with E-state index in [0.29, 0.717) is 5.76 Å². The van der Waals surface area contributed by atoms with Crippen LogP contribution in [0.25, 0.3) is 0 Å². The van der Waals surface area contributed by atoms with Gasteiger partial charge in [0.15, 0.2) is 11.9 Å². The number of rotatable bonds is 14. The molecular formula is C34H41NO6. The van der Waals surface area contributed by atoms with E-state index < -0.39 is 36.2 Å². The number of unbranched alkanes of at least 4 members (excludes halogenated alkanes) is 7. The molecule has 218 valence electrons. The summed E-state index contributed by atoms with van der Waals surface area (Å²) in [6, 6.07) is 18.3. The van der Waals surface area contributed by atoms with E-state index in [4.69, 9.17) is 14.6 Å². The first kappa shape index (κ1) is 30.3. The zero-order valence-corrected chi connectivity index (χ0v) is 23.8. The SMILES string of the molecule is C[C@@H]1[C@H](c2ccccc2)OC(=O)N1C(=O)[C@H](Cc1ccccc1)[C@H]1OC(=CCCCCCCCCCO)C=CC1=O. The van der Waals surface area contributed by atoms with Gasteiger partial charge in [-0.3, -0.25) is 9.59 Å². The molecule has 2 heterocycles. The Kier molecular flexibility index (Phi) is 11.3. The van der Waals surface area contributed by atoms with Crippen LogP contribution < -0.4 is 0 Å². The van der Waals surface area contributed by atoms with E-state index in [-0.39, 0.29) is 18.8 Å². The maximum Gasteiger partial charge on any atom is 0.417 e. The Morgan fingerprint density at radius 1 is 0.878 bits per heavy atom. The quantitative estimate of drug-likeness (QED) is 0.267. The van der Waals surface area contributed by atoms with Crippen molar-refractivity contribution in [3.05, 3.63) is 95.8 Å². The predicted octanol–water partition coefficient (Wildman–Crippen LogP) is 6.48. The molecule has 0 spiro atoms. The van der Waals surface area contributed by atoms with Crippen LogP contribution in [0, 0.1) is 5.92 Å². The molecule has 2 aliphatic heterocycles. The largest absolute Gasteiger partial charge is 0.482 e. The number of hydrogen-bond donors (Lipinski definition) is 1. The van der Waals surface area contributed by atoms with Gasteiger partial charge in [0.25, 0.3) is 0 Å². The number of carbonyl (C=O) groups excluding carboxylic acids is 3. The molecule has 2 aromatic rings. The number of aliphatic hydroxyl groups is 1. The van der Waals surface area contributed by atoms with Gasteiger partial charge < -0.3 is 14.6 Å². The molecule has 0 bridgehead atoms. The van der Waals surface area contributed by atoms with Gasteiger partial charge in [-0.25, -0.2) is 9.69 Å². The first-order valence-electron chi connectivity index (χ1n) is 14.8. The molecule has 0 saturated carbocycles. The number of nitrogens with zero attached hydrogens (tertiary/aromatic N) is 1. The second kappa shape index (κ2) is 15.3. The Morgan fingerprint density at radius 3 is 2.20 bits per heavy atom. The molecule has 7 nitrogen and oxygen atoms in total. The van der Waals surface area contributed by atoms with Crippen molar-refractivity contribution in [2.45, 2.75) is 83.0 Å². The Labute approximate surface area is 242 Å². The number of hydrogen-bond acceptors (Lipinski definition) is 6. The number of cyclic esters (lactones) is 1. The van der Waals surface area contributed by atoms with Crippen LogP contribution in [0.1, 0.15) is 75.5 Å². The number of aliphatic hydroxyl groups excluding tert-OH is 1. The van der Waals surface area contributed by atoms with Crippen LogP contribution in [0.4, 0.5) is 4.79 Å². The third kappa shape index (κ3) is 8.17. The molecule has 0 radical (unpaired) electrons. The molecule has 1 N–H and O–H groups in total. The van der Waals surface area contributed by atoms with E-state index in [9.17, 15) is 14.4 Å². The molecule has 1 saturated heterocycles. The lowest BCUT2D eigenvalue weighted by atomic mass is 9.88. The third-order valence-electron chi connectivity index (χ3n) is 7.78. The molecule has 4 rings (SSSR count). The molecule has 0 aliphatic carbocycles. The average Bonchev–Trinajstić information content (AvgIpc) is 3.30. The average molecular weight is 560 g/mol. The van der Waals surface area contributed by atoms with Gasteiger partial charge in [-0.1, -0.05) is 92.8 Å². The number of benzene rings is 2. The van der Waals surface area contributed by atoms with Crippen LogP contribution in [0.2, 0.25) is 0 Å². The highest BCUT2D eigenvalue weighted by atomic mass is 16.6. The summed E-state index contributed by atoms with van der Waals surface area (Å²) >= 11 is 0. The molecule has 2 amide bonds. The summed E-state index contributed by atoms with van der Waals surface area (Å²) in [4.78, 5) is 41.4. The number of ether oxygens (including phenoxy) is 2. The zero-order chi connectivity index (χ0) is 29.0. The first-order chi connectivity index (χ1) is 20.0. The highest BCUT2D eigenvalue weighted by molar-refractivity contribution is 6.02. The summed E-state index contributed by atoms with van der Waals surface area (Å²) in [6.45, 7) is 2.05. The number of carbonyl (C=O) groups is 3. The molecule has 7 heteroatoms. The highest BCUT2D eigenvalue weighted by Gasteiger charge is 2.48. The molecule has 0 unspecified atom stereocenters. The summed E-state index contributed by atoms with van der Waals surface area (Å²) in [5.74, 6) is -1.09. The first-order valence-corrected chi connectivity index (χ1v) is 14.8. The van der Waals surface area contributed by atoms with E-state index in [1.165, 1.54) is 6.08 Å². The van der Waals surface area contributed by atoms with Crippen molar-refractivity contribution in [3.8, 4) is 0 Å². The minimum atomic E-state index is -1.04.